The molecule has 1 saturated heterocycles. The first-order chi connectivity index (χ1) is 8.16. The molecule has 0 unspecified atom stereocenters. The van der Waals surface area contributed by atoms with Crippen LogP contribution in [0.25, 0.3) is 0 Å². The van der Waals surface area contributed by atoms with E-state index in [-0.39, 0.29) is 31.3 Å². The third kappa shape index (κ3) is 1.43. The molecule has 1 aromatic carbocycles. The van der Waals surface area contributed by atoms with Gasteiger partial charge in [0, 0.05) is 18.4 Å². The molecule has 17 heavy (non-hydrogen) atoms. The van der Waals surface area contributed by atoms with Crippen LogP contribution in [0.1, 0.15) is 28.8 Å². The monoisotopic (exact) mass is 231 g/mol. The van der Waals surface area contributed by atoms with Gasteiger partial charge in [-0.1, -0.05) is 6.07 Å². The number of ether oxygens (including phenoxy) is 1. The lowest BCUT2D eigenvalue weighted by Crippen LogP contribution is -2.28. The van der Waals surface area contributed by atoms with Crippen molar-refractivity contribution in [1.82, 2.24) is 0 Å². The van der Waals surface area contributed by atoms with Crippen molar-refractivity contribution in [3.05, 3.63) is 29.3 Å². The van der Waals surface area contributed by atoms with Gasteiger partial charge in [-0.25, -0.2) is 4.79 Å². The molecule has 0 bridgehead atoms. The van der Waals surface area contributed by atoms with Gasteiger partial charge < -0.3 is 4.74 Å². The van der Waals surface area contributed by atoms with Crippen LogP contribution in [0.2, 0.25) is 0 Å². The number of rotatable bonds is 1. The third-order valence-corrected chi connectivity index (χ3v) is 2.98. The van der Waals surface area contributed by atoms with Crippen LogP contribution in [0.15, 0.2) is 18.2 Å². The van der Waals surface area contributed by atoms with E-state index in [0.717, 1.165) is 10.5 Å². The van der Waals surface area contributed by atoms with E-state index in [2.05, 4.69) is 0 Å². The molecule has 2 aliphatic heterocycles. The lowest BCUT2D eigenvalue weighted by Gasteiger charge is -2.14. The summed E-state index contributed by atoms with van der Waals surface area (Å²) in [7, 11) is 0. The van der Waals surface area contributed by atoms with Crippen LogP contribution in [0.5, 0.6) is 0 Å². The summed E-state index contributed by atoms with van der Waals surface area (Å²) in [5.41, 5.74) is 1.68. The minimum atomic E-state index is -0.402. The molecule has 0 radical (unpaired) electrons. The zero-order valence-electron chi connectivity index (χ0n) is 8.93. The predicted octanol–water partition coefficient (Wildman–Crippen LogP) is 1.01. The van der Waals surface area contributed by atoms with E-state index in [1.165, 1.54) is 0 Å². The molecule has 2 amide bonds. The second-order valence-corrected chi connectivity index (χ2v) is 4.04. The maximum absolute atomic E-state index is 11.6. The number of nitrogens with zero attached hydrogens (tertiary/aromatic N) is 1. The first-order valence-corrected chi connectivity index (χ1v) is 5.32. The van der Waals surface area contributed by atoms with Gasteiger partial charge in [-0.3, -0.25) is 14.5 Å². The molecule has 5 nitrogen and oxygen atoms in total. The maximum atomic E-state index is 11.6. The number of esters is 1. The smallest absolute Gasteiger partial charge is 0.338 e. The van der Waals surface area contributed by atoms with Crippen LogP contribution in [-0.4, -0.2) is 17.8 Å². The molecule has 2 aliphatic rings. The molecule has 1 fully saturated rings. The minimum Gasteiger partial charge on any atom is -0.457 e. The number of fused-ring (bicyclic) bond motifs is 1. The Morgan fingerprint density at radius 3 is 2.47 bits per heavy atom. The zero-order chi connectivity index (χ0) is 12.0. The number of cyclic esters (lactones) is 1. The molecule has 86 valence electrons. The van der Waals surface area contributed by atoms with Gasteiger partial charge in [-0.15, -0.1) is 0 Å². The van der Waals surface area contributed by atoms with Crippen LogP contribution in [0.4, 0.5) is 5.69 Å². The Kier molecular flexibility index (Phi) is 2.01. The van der Waals surface area contributed by atoms with Crippen molar-refractivity contribution in [2.75, 3.05) is 4.90 Å². The summed E-state index contributed by atoms with van der Waals surface area (Å²) in [6.45, 7) is 0.260. The first kappa shape index (κ1) is 10.0. The van der Waals surface area contributed by atoms with Crippen molar-refractivity contribution in [3.63, 3.8) is 0 Å². The Morgan fingerprint density at radius 2 is 1.76 bits per heavy atom. The summed E-state index contributed by atoms with van der Waals surface area (Å²) in [6, 6.07) is 4.93. The molecule has 5 heteroatoms. The molecule has 2 heterocycles. The highest BCUT2D eigenvalue weighted by Gasteiger charge is 2.32. The number of anilines is 1. The van der Waals surface area contributed by atoms with Gasteiger partial charge >= 0.3 is 5.97 Å². The van der Waals surface area contributed by atoms with Crippen LogP contribution in [-0.2, 0) is 20.9 Å². The second-order valence-electron chi connectivity index (χ2n) is 4.04. The number of hydrogen-bond acceptors (Lipinski definition) is 4. The Hall–Kier alpha value is -2.17. The van der Waals surface area contributed by atoms with E-state index in [1.54, 1.807) is 18.2 Å². The third-order valence-electron chi connectivity index (χ3n) is 2.98. The quantitative estimate of drug-likeness (QED) is 0.534. The lowest BCUT2D eigenvalue weighted by molar-refractivity contribution is -0.121. The highest BCUT2D eigenvalue weighted by atomic mass is 16.5. The molecule has 0 aliphatic carbocycles. The number of hydrogen-bond donors (Lipinski definition) is 0. The lowest BCUT2D eigenvalue weighted by atomic mass is 10.1. The topological polar surface area (TPSA) is 63.7 Å². The molecule has 3 rings (SSSR count). The fraction of sp³-hybridized carbons (Fsp3) is 0.250. The van der Waals surface area contributed by atoms with E-state index in [0.29, 0.717) is 11.3 Å². The van der Waals surface area contributed by atoms with Crippen molar-refractivity contribution < 1.29 is 19.1 Å². The number of amides is 2. The highest BCUT2D eigenvalue weighted by Crippen LogP contribution is 2.28. The van der Waals surface area contributed by atoms with Crippen molar-refractivity contribution >= 4 is 23.5 Å². The van der Waals surface area contributed by atoms with Crippen LogP contribution >= 0.6 is 0 Å². The van der Waals surface area contributed by atoms with Gasteiger partial charge in [-0.05, 0) is 12.1 Å². The van der Waals surface area contributed by atoms with Gasteiger partial charge in [0.15, 0.2) is 0 Å². The second kappa shape index (κ2) is 3.41. The number of carbonyl (C=O) groups is 3. The maximum Gasteiger partial charge on any atom is 0.338 e. The van der Waals surface area contributed by atoms with E-state index < -0.39 is 5.97 Å². The SMILES string of the molecule is O=C1OCc2ccc(N3C(=O)CCC3=O)cc21. The molecule has 1 aromatic rings. The Balaban J connectivity index is 2.05. The molecular formula is C12H9NO4. The van der Waals surface area contributed by atoms with Crippen molar-refractivity contribution in [1.29, 1.82) is 0 Å². The number of carbonyl (C=O) groups excluding carboxylic acids is 3. The van der Waals surface area contributed by atoms with Gasteiger partial charge in [0.1, 0.15) is 6.61 Å². The van der Waals surface area contributed by atoms with E-state index >= 15 is 0 Å². The average Bonchev–Trinajstić information content (AvgIpc) is 2.84. The fourth-order valence-electron chi connectivity index (χ4n) is 2.11. The Bertz CT molecular complexity index is 533. The Morgan fingerprint density at radius 1 is 1.06 bits per heavy atom. The first-order valence-electron chi connectivity index (χ1n) is 5.32. The van der Waals surface area contributed by atoms with Gasteiger partial charge in [0.2, 0.25) is 11.8 Å². The normalized spacial score (nSPS) is 18.6. The molecule has 0 N–H and O–H groups in total. The molecule has 0 aromatic heterocycles. The van der Waals surface area contributed by atoms with Crippen LogP contribution < -0.4 is 4.90 Å². The summed E-state index contributed by atoms with van der Waals surface area (Å²) in [4.78, 5) is 35.6. The fourth-order valence-corrected chi connectivity index (χ4v) is 2.11. The van der Waals surface area contributed by atoms with Crippen LogP contribution in [0.3, 0.4) is 0 Å². The van der Waals surface area contributed by atoms with Gasteiger partial charge in [0.05, 0.1) is 11.3 Å². The summed E-state index contributed by atoms with van der Waals surface area (Å²) >= 11 is 0. The summed E-state index contributed by atoms with van der Waals surface area (Å²) in [5, 5.41) is 0. The number of benzene rings is 1. The van der Waals surface area contributed by atoms with Crippen molar-refractivity contribution in [3.8, 4) is 0 Å². The molecular weight excluding hydrogens is 222 g/mol. The Labute approximate surface area is 97.0 Å². The highest BCUT2D eigenvalue weighted by molar-refractivity contribution is 6.20. The van der Waals surface area contributed by atoms with Crippen LogP contribution in [0, 0.1) is 0 Å². The molecule has 0 spiro atoms. The molecule has 0 saturated carbocycles. The summed E-state index contributed by atoms with van der Waals surface area (Å²) < 4.78 is 4.87. The van der Waals surface area contributed by atoms with E-state index in [4.69, 9.17) is 4.74 Å². The standard InChI is InChI=1S/C12H9NO4/c14-10-3-4-11(15)13(10)8-2-1-7-6-17-12(16)9(7)5-8/h1-2,5H,3-4,6H2. The van der Waals surface area contributed by atoms with E-state index in [9.17, 15) is 14.4 Å². The van der Waals surface area contributed by atoms with Gasteiger partial charge in [0.25, 0.3) is 0 Å². The van der Waals surface area contributed by atoms with Crippen molar-refractivity contribution in [2.24, 2.45) is 0 Å². The summed E-state index contributed by atoms with van der Waals surface area (Å²) in [6.07, 6.45) is 0.473. The number of imide groups is 1. The van der Waals surface area contributed by atoms with Crippen molar-refractivity contribution in [2.45, 2.75) is 19.4 Å². The zero-order valence-corrected chi connectivity index (χ0v) is 8.93. The van der Waals surface area contributed by atoms with E-state index in [1.807, 2.05) is 0 Å². The minimum absolute atomic E-state index is 0.221. The van der Waals surface area contributed by atoms with Gasteiger partial charge in [-0.2, -0.15) is 0 Å². The molecule has 0 atom stereocenters. The summed E-state index contributed by atoms with van der Waals surface area (Å²) in [5.74, 6) is -0.844. The largest absolute Gasteiger partial charge is 0.457 e. The average molecular weight is 231 g/mol. The predicted molar refractivity (Wildman–Crippen MR) is 57.3 cm³/mol.